The number of fused-ring (bicyclic) bond motifs is 1. The average Bonchev–Trinajstić information content (AvgIpc) is 3.14. The number of likely N-dealkylation sites (tertiary alicyclic amines) is 1. The van der Waals surface area contributed by atoms with E-state index in [9.17, 15) is 4.79 Å². The van der Waals surface area contributed by atoms with Crippen LogP contribution in [0, 0.1) is 5.92 Å². The third-order valence-electron chi connectivity index (χ3n) is 4.94. The van der Waals surface area contributed by atoms with E-state index in [4.69, 9.17) is 0 Å². The van der Waals surface area contributed by atoms with Crippen LogP contribution in [-0.2, 0) is 6.42 Å². The van der Waals surface area contributed by atoms with Crippen molar-refractivity contribution in [3.05, 3.63) is 59.8 Å². The number of piperidine rings is 1. The summed E-state index contributed by atoms with van der Waals surface area (Å²) in [4.78, 5) is 14.8. The summed E-state index contributed by atoms with van der Waals surface area (Å²) in [5.41, 5.74) is 2.63. The van der Waals surface area contributed by atoms with Crippen LogP contribution in [0.15, 0.2) is 48.7 Å². The van der Waals surface area contributed by atoms with Crippen molar-refractivity contribution >= 4 is 11.6 Å². The SMILES string of the molecule is O=C(c1ccn2nnnc2c1)N1CCC[C@@H](CCc2ccccc2)C1. The number of hydrogen-bond donors (Lipinski definition) is 0. The van der Waals surface area contributed by atoms with Crippen molar-refractivity contribution in [3.8, 4) is 0 Å². The second kappa shape index (κ2) is 7.01. The number of tetrazole rings is 1. The molecular weight excluding hydrogens is 314 g/mol. The Hall–Kier alpha value is -2.76. The van der Waals surface area contributed by atoms with Gasteiger partial charge in [-0.05, 0) is 59.7 Å². The van der Waals surface area contributed by atoms with Crippen molar-refractivity contribution in [2.45, 2.75) is 25.7 Å². The van der Waals surface area contributed by atoms with Crippen LogP contribution in [0.3, 0.4) is 0 Å². The number of rotatable bonds is 4. The molecule has 6 nitrogen and oxygen atoms in total. The normalized spacial score (nSPS) is 17.8. The molecule has 1 atom stereocenters. The number of carbonyl (C=O) groups excluding carboxylic acids is 1. The zero-order valence-corrected chi connectivity index (χ0v) is 14.1. The molecule has 25 heavy (non-hydrogen) atoms. The number of aromatic nitrogens is 4. The molecule has 1 aliphatic rings. The minimum absolute atomic E-state index is 0.0786. The molecule has 1 aliphatic heterocycles. The van der Waals surface area contributed by atoms with Gasteiger partial charge in [-0.1, -0.05) is 30.3 Å². The zero-order valence-electron chi connectivity index (χ0n) is 14.1. The number of amides is 1. The minimum Gasteiger partial charge on any atom is -0.338 e. The van der Waals surface area contributed by atoms with Crippen molar-refractivity contribution in [2.75, 3.05) is 13.1 Å². The lowest BCUT2D eigenvalue weighted by Crippen LogP contribution is -2.40. The summed E-state index contributed by atoms with van der Waals surface area (Å²) in [6.45, 7) is 1.67. The molecule has 0 aliphatic carbocycles. The molecule has 0 radical (unpaired) electrons. The first kappa shape index (κ1) is 15.7. The molecule has 1 aromatic carbocycles. The Morgan fingerprint density at radius 1 is 1.20 bits per heavy atom. The Labute approximate surface area is 146 Å². The molecule has 0 saturated carbocycles. The summed E-state index contributed by atoms with van der Waals surface area (Å²) < 4.78 is 1.57. The maximum Gasteiger partial charge on any atom is 0.254 e. The first-order chi connectivity index (χ1) is 12.3. The van der Waals surface area contributed by atoms with Crippen molar-refractivity contribution in [2.24, 2.45) is 5.92 Å². The lowest BCUT2D eigenvalue weighted by atomic mass is 9.91. The molecular formula is C19H21N5O. The number of benzene rings is 1. The van der Waals surface area contributed by atoms with E-state index in [-0.39, 0.29) is 5.91 Å². The van der Waals surface area contributed by atoms with Gasteiger partial charge in [0.05, 0.1) is 0 Å². The second-order valence-corrected chi connectivity index (χ2v) is 6.68. The fourth-order valence-electron chi connectivity index (χ4n) is 3.56. The largest absolute Gasteiger partial charge is 0.338 e. The van der Waals surface area contributed by atoms with E-state index in [0.717, 1.165) is 32.4 Å². The number of pyridine rings is 1. The van der Waals surface area contributed by atoms with Crippen molar-refractivity contribution in [1.82, 2.24) is 24.9 Å². The Kier molecular flexibility index (Phi) is 4.41. The van der Waals surface area contributed by atoms with E-state index in [2.05, 4.69) is 39.8 Å². The molecule has 1 saturated heterocycles. The van der Waals surface area contributed by atoms with Crippen molar-refractivity contribution in [3.63, 3.8) is 0 Å². The van der Waals surface area contributed by atoms with Crippen LogP contribution >= 0.6 is 0 Å². The van der Waals surface area contributed by atoms with Crippen LogP contribution < -0.4 is 0 Å². The Morgan fingerprint density at radius 2 is 2.08 bits per heavy atom. The molecule has 1 amide bonds. The second-order valence-electron chi connectivity index (χ2n) is 6.68. The minimum atomic E-state index is 0.0786. The van der Waals surface area contributed by atoms with E-state index in [0.29, 0.717) is 17.1 Å². The number of aryl methyl sites for hydroxylation is 1. The average molecular weight is 335 g/mol. The third-order valence-corrected chi connectivity index (χ3v) is 4.94. The molecule has 0 bridgehead atoms. The van der Waals surface area contributed by atoms with Gasteiger partial charge in [0, 0.05) is 24.8 Å². The maximum absolute atomic E-state index is 12.8. The van der Waals surface area contributed by atoms with Crippen molar-refractivity contribution < 1.29 is 4.79 Å². The van der Waals surface area contributed by atoms with Crippen LogP contribution in [-0.4, -0.2) is 43.9 Å². The van der Waals surface area contributed by atoms with E-state index < -0.39 is 0 Å². The lowest BCUT2D eigenvalue weighted by Gasteiger charge is -2.33. The molecule has 1 fully saturated rings. The summed E-state index contributed by atoms with van der Waals surface area (Å²) in [7, 11) is 0. The highest BCUT2D eigenvalue weighted by Crippen LogP contribution is 2.23. The van der Waals surface area contributed by atoms with Gasteiger partial charge in [0.2, 0.25) is 0 Å². The highest BCUT2D eigenvalue weighted by atomic mass is 16.2. The van der Waals surface area contributed by atoms with Crippen LogP contribution in [0.1, 0.15) is 35.2 Å². The molecule has 3 aromatic rings. The molecule has 4 rings (SSSR count). The summed E-state index contributed by atoms with van der Waals surface area (Å²) in [5, 5.41) is 11.4. The van der Waals surface area contributed by atoms with Gasteiger partial charge in [0.15, 0.2) is 5.65 Å². The lowest BCUT2D eigenvalue weighted by molar-refractivity contribution is 0.0668. The Bertz CT molecular complexity index is 860. The van der Waals surface area contributed by atoms with E-state index in [1.807, 2.05) is 11.0 Å². The highest BCUT2D eigenvalue weighted by molar-refractivity contribution is 5.95. The number of carbonyl (C=O) groups is 1. The van der Waals surface area contributed by atoms with Crippen LogP contribution in [0.5, 0.6) is 0 Å². The molecule has 2 aromatic heterocycles. The Balaban J connectivity index is 1.40. The van der Waals surface area contributed by atoms with Crippen LogP contribution in [0.2, 0.25) is 0 Å². The van der Waals surface area contributed by atoms with E-state index in [1.54, 1.807) is 22.8 Å². The quantitative estimate of drug-likeness (QED) is 0.735. The smallest absolute Gasteiger partial charge is 0.254 e. The fraction of sp³-hybridized carbons (Fsp3) is 0.368. The summed E-state index contributed by atoms with van der Waals surface area (Å²) in [6.07, 6.45) is 6.20. The molecule has 128 valence electrons. The van der Waals surface area contributed by atoms with Gasteiger partial charge >= 0.3 is 0 Å². The van der Waals surface area contributed by atoms with Gasteiger partial charge in [-0.3, -0.25) is 4.79 Å². The first-order valence-corrected chi connectivity index (χ1v) is 8.80. The molecule has 0 spiro atoms. The number of nitrogens with zero attached hydrogens (tertiary/aromatic N) is 5. The molecule has 0 N–H and O–H groups in total. The highest BCUT2D eigenvalue weighted by Gasteiger charge is 2.24. The topological polar surface area (TPSA) is 63.4 Å². The van der Waals surface area contributed by atoms with E-state index >= 15 is 0 Å². The third kappa shape index (κ3) is 3.52. The maximum atomic E-state index is 12.8. The van der Waals surface area contributed by atoms with Crippen LogP contribution in [0.25, 0.3) is 5.65 Å². The molecule has 6 heteroatoms. The van der Waals surface area contributed by atoms with Gasteiger partial charge in [-0.2, -0.15) is 0 Å². The fourth-order valence-corrected chi connectivity index (χ4v) is 3.56. The zero-order chi connectivity index (χ0) is 17.1. The molecule has 3 heterocycles. The van der Waals surface area contributed by atoms with Gasteiger partial charge in [0.1, 0.15) is 0 Å². The summed E-state index contributed by atoms with van der Waals surface area (Å²) in [6, 6.07) is 14.1. The van der Waals surface area contributed by atoms with Crippen LogP contribution in [0.4, 0.5) is 0 Å². The predicted molar refractivity (Wildman–Crippen MR) is 94.2 cm³/mol. The predicted octanol–water partition coefficient (Wildman–Crippen LogP) is 2.61. The summed E-state index contributed by atoms with van der Waals surface area (Å²) >= 11 is 0. The standard InChI is InChI=1S/C19H21N5O/c25-19(17-10-12-24-18(13-17)20-21-22-24)23-11-4-7-16(14-23)9-8-15-5-2-1-3-6-15/h1-3,5-6,10,12-13,16H,4,7-9,11,14H2/t16-/m0/s1. The first-order valence-electron chi connectivity index (χ1n) is 8.80. The van der Waals surface area contributed by atoms with E-state index in [1.165, 1.54) is 12.0 Å². The van der Waals surface area contributed by atoms with Gasteiger partial charge in [-0.15, -0.1) is 5.10 Å². The van der Waals surface area contributed by atoms with Gasteiger partial charge in [-0.25, -0.2) is 4.52 Å². The van der Waals surface area contributed by atoms with Gasteiger partial charge in [0.25, 0.3) is 5.91 Å². The van der Waals surface area contributed by atoms with Crippen molar-refractivity contribution in [1.29, 1.82) is 0 Å². The Morgan fingerprint density at radius 3 is 2.96 bits per heavy atom. The summed E-state index contributed by atoms with van der Waals surface area (Å²) in [5.74, 6) is 0.645. The number of hydrogen-bond acceptors (Lipinski definition) is 4. The monoisotopic (exact) mass is 335 g/mol. The molecule has 0 unspecified atom stereocenters. The van der Waals surface area contributed by atoms with Gasteiger partial charge < -0.3 is 4.90 Å².